The Labute approximate surface area is 76.4 Å². The molecule has 0 saturated heterocycles. The molecule has 0 rings (SSSR count). The standard InChI is InChI=1S/C7H10.C4H10O/c1-4-5-6-7(2)3;1-3-4-5-2/h4-6H,1-2H2,3H3;3-4H2,1-2H3/b6-5-;. The van der Waals surface area contributed by atoms with Crippen LogP contribution in [-0.2, 0) is 4.74 Å². The molecule has 0 saturated carbocycles. The molecule has 0 spiro atoms. The molecular formula is C11H20O. The minimum atomic E-state index is 0.889. The molecule has 0 fully saturated rings. The summed E-state index contributed by atoms with van der Waals surface area (Å²) in [6, 6.07) is 0. The lowest BCUT2D eigenvalue weighted by atomic mass is 10.3. The zero-order valence-electron chi connectivity index (χ0n) is 8.47. The van der Waals surface area contributed by atoms with Gasteiger partial charge in [-0.15, -0.1) is 0 Å². The van der Waals surface area contributed by atoms with Crippen LogP contribution < -0.4 is 0 Å². The second kappa shape index (κ2) is 12.8. The Balaban J connectivity index is 0. The lowest BCUT2D eigenvalue weighted by molar-refractivity contribution is 0.199. The van der Waals surface area contributed by atoms with Gasteiger partial charge in [-0.3, -0.25) is 0 Å². The van der Waals surface area contributed by atoms with Gasteiger partial charge in [-0.25, -0.2) is 0 Å². The molecule has 0 aliphatic carbocycles. The smallest absolute Gasteiger partial charge is 0.0459 e. The maximum Gasteiger partial charge on any atom is 0.0459 e. The molecule has 0 radical (unpaired) electrons. The Morgan fingerprint density at radius 2 is 2.08 bits per heavy atom. The third kappa shape index (κ3) is 22.9. The number of allylic oxidation sites excluding steroid dienone is 4. The molecule has 0 heterocycles. The average molecular weight is 168 g/mol. The Hall–Kier alpha value is -0.820. The molecule has 70 valence electrons. The van der Waals surface area contributed by atoms with E-state index in [-0.39, 0.29) is 0 Å². The summed E-state index contributed by atoms with van der Waals surface area (Å²) in [7, 11) is 1.71. The van der Waals surface area contributed by atoms with Crippen LogP contribution in [-0.4, -0.2) is 13.7 Å². The number of hydrogen-bond donors (Lipinski definition) is 0. The molecule has 1 nitrogen and oxygen atoms in total. The Morgan fingerprint density at radius 1 is 1.50 bits per heavy atom. The fourth-order valence-electron chi connectivity index (χ4n) is 0.436. The van der Waals surface area contributed by atoms with Crippen LogP contribution in [0.5, 0.6) is 0 Å². The molecule has 0 aromatic rings. The highest BCUT2D eigenvalue weighted by Gasteiger charge is 1.66. The van der Waals surface area contributed by atoms with Gasteiger partial charge in [0.15, 0.2) is 0 Å². The first kappa shape index (κ1) is 13.7. The largest absolute Gasteiger partial charge is 0.385 e. The molecule has 0 amide bonds. The monoisotopic (exact) mass is 168 g/mol. The summed E-state index contributed by atoms with van der Waals surface area (Å²) >= 11 is 0. The second-order valence-corrected chi connectivity index (χ2v) is 2.43. The highest BCUT2D eigenvalue weighted by Crippen LogP contribution is 1.86. The van der Waals surface area contributed by atoms with Crippen molar-refractivity contribution in [1.82, 2.24) is 0 Å². The van der Waals surface area contributed by atoms with Crippen LogP contribution in [0.3, 0.4) is 0 Å². The van der Waals surface area contributed by atoms with E-state index in [1.807, 2.05) is 19.1 Å². The zero-order valence-corrected chi connectivity index (χ0v) is 8.47. The van der Waals surface area contributed by atoms with E-state index in [1.54, 1.807) is 13.2 Å². The summed E-state index contributed by atoms with van der Waals surface area (Å²) < 4.78 is 4.69. The summed E-state index contributed by atoms with van der Waals surface area (Å²) in [6.45, 7) is 12.1. The van der Waals surface area contributed by atoms with Crippen molar-refractivity contribution in [2.75, 3.05) is 13.7 Å². The van der Waals surface area contributed by atoms with Gasteiger partial charge >= 0.3 is 0 Å². The number of hydrogen-bond acceptors (Lipinski definition) is 1. The molecule has 0 aliphatic rings. The Morgan fingerprint density at radius 3 is 2.17 bits per heavy atom. The molecule has 0 bridgehead atoms. The average Bonchev–Trinajstić information content (AvgIpc) is 2.03. The van der Waals surface area contributed by atoms with Crippen LogP contribution in [0.15, 0.2) is 37.0 Å². The van der Waals surface area contributed by atoms with Crippen molar-refractivity contribution in [3.63, 3.8) is 0 Å². The normalized spacial score (nSPS) is 8.92. The van der Waals surface area contributed by atoms with E-state index in [1.165, 1.54) is 0 Å². The molecule has 12 heavy (non-hydrogen) atoms. The summed E-state index contributed by atoms with van der Waals surface area (Å²) in [5.41, 5.74) is 1.06. The molecule has 0 unspecified atom stereocenters. The van der Waals surface area contributed by atoms with E-state index < -0.39 is 0 Å². The summed E-state index contributed by atoms with van der Waals surface area (Å²) in [6.07, 6.45) is 6.63. The molecule has 0 aromatic carbocycles. The van der Waals surface area contributed by atoms with E-state index in [9.17, 15) is 0 Å². The van der Waals surface area contributed by atoms with Gasteiger partial charge in [0.1, 0.15) is 0 Å². The van der Waals surface area contributed by atoms with E-state index in [0.717, 1.165) is 18.6 Å². The minimum Gasteiger partial charge on any atom is -0.385 e. The van der Waals surface area contributed by atoms with Crippen LogP contribution in [0.25, 0.3) is 0 Å². The summed E-state index contributed by atoms with van der Waals surface area (Å²) in [4.78, 5) is 0. The van der Waals surface area contributed by atoms with Gasteiger partial charge in [0.2, 0.25) is 0 Å². The first-order valence-electron chi connectivity index (χ1n) is 4.12. The van der Waals surface area contributed by atoms with Crippen LogP contribution >= 0.6 is 0 Å². The van der Waals surface area contributed by atoms with Crippen LogP contribution in [0, 0.1) is 0 Å². The van der Waals surface area contributed by atoms with Crippen LogP contribution in [0.4, 0.5) is 0 Å². The maximum absolute atomic E-state index is 4.69. The zero-order chi connectivity index (χ0) is 9.82. The predicted molar refractivity (Wildman–Crippen MR) is 56.3 cm³/mol. The number of ether oxygens (including phenoxy) is 1. The van der Waals surface area contributed by atoms with E-state index in [0.29, 0.717) is 0 Å². The van der Waals surface area contributed by atoms with Gasteiger partial charge in [-0.2, -0.15) is 0 Å². The number of rotatable bonds is 4. The van der Waals surface area contributed by atoms with Crippen molar-refractivity contribution in [3.8, 4) is 0 Å². The van der Waals surface area contributed by atoms with Gasteiger partial charge in [0.25, 0.3) is 0 Å². The van der Waals surface area contributed by atoms with E-state index in [4.69, 9.17) is 4.74 Å². The quantitative estimate of drug-likeness (QED) is 0.585. The van der Waals surface area contributed by atoms with Gasteiger partial charge in [-0.1, -0.05) is 43.9 Å². The molecule has 0 atom stereocenters. The first-order valence-corrected chi connectivity index (χ1v) is 4.12. The molecular weight excluding hydrogens is 148 g/mol. The fourth-order valence-corrected chi connectivity index (χ4v) is 0.436. The number of methoxy groups -OCH3 is 1. The topological polar surface area (TPSA) is 9.23 Å². The van der Waals surface area contributed by atoms with Gasteiger partial charge < -0.3 is 4.74 Å². The molecule has 0 N–H and O–H groups in total. The molecule has 0 aromatic heterocycles. The van der Waals surface area contributed by atoms with Crippen LogP contribution in [0.1, 0.15) is 20.3 Å². The van der Waals surface area contributed by atoms with Gasteiger partial charge in [0, 0.05) is 13.7 Å². The predicted octanol–water partition coefficient (Wildman–Crippen LogP) is 3.35. The van der Waals surface area contributed by atoms with Gasteiger partial charge in [0.05, 0.1) is 0 Å². The Bertz CT molecular complexity index is 132. The molecule has 0 aliphatic heterocycles. The van der Waals surface area contributed by atoms with E-state index in [2.05, 4.69) is 20.1 Å². The lowest BCUT2D eigenvalue weighted by Gasteiger charge is -1.84. The second-order valence-electron chi connectivity index (χ2n) is 2.43. The third-order valence-electron chi connectivity index (χ3n) is 0.925. The van der Waals surface area contributed by atoms with Crippen LogP contribution in [0.2, 0.25) is 0 Å². The minimum absolute atomic E-state index is 0.889. The summed E-state index contributed by atoms with van der Waals surface area (Å²) in [5, 5.41) is 0. The SMILES string of the molecule is C=C/C=C\C(=C)C.CCCOC. The van der Waals surface area contributed by atoms with Crippen molar-refractivity contribution >= 4 is 0 Å². The maximum atomic E-state index is 4.69. The van der Waals surface area contributed by atoms with Crippen molar-refractivity contribution < 1.29 is 4.74 Å². The van der Waals surface area contributed by atoms with Gasteiger partial charge in [-0.05, 0) is 13.3 Å². The Kier molecular flexibility index (Phi) is 14.7. The fraction of sp³-hybridized carbons (Fsp3) is 0.455. The highest BCUT2D eigenvalue weighted by atomic mass is 16.5. The first-order chi connectivity index (χ1) is 5.68. The third-order valence-corrected chi connectivity index (χ3v) is 0.925. The summed E-state index contributed by atoms with van der Waals surface area (Å²) in [5.74, 6) is 0. The van der Waals surface area contributed by atoms with Crippen molar-refractivity contribution in [2.24, 2.45) is 0 Å². The van der Waals surface area contributed by atoms with E-state index >= 15 is 0 Å². The van der Waals surface area contributed by atoms with Crippen molar-refractivity contribution in [1.29, 1.82) is 0 Å². The highest BCUT2D eigenvalue weighted by molar-refractivity contribution is 5.15. The van der Waals surface area contributed by atoms with Crippen molar-refractivity contribution in [3.05, 3.63) is 37.0 Å². The lowest BCUT2D eigenvalue weighted by Crippen LogP contribution is -1.80. The van der Waals surface area contributed by atoms with Crippen molar-refractivity contribution in [2.45, 2.75) is 20.3 Å². The molecule has 1 heteroatoms.